The number of ether oxygens (including phenoxy) is 1. The van der Waals surface area contributed by atoms with Gasteiger partial charge < -0.3 is 15.4 Å². The van der Waals surface area contributed by atoms with E-state index in [0.29, 0.717) is 24.6 Å². The maximum Gasteiger partial charge on any atom is 0.253 e. The Kier molecular flexibility index (Phi) is 7.18. The van der Waals surface area contributed by atoms with E-state index in [2.05, 4.69) is 17.2 Å². The first kappa shape index (κ1) is 16.9. The summed E-state index contributed by atoms with van der Waals surface area (Å²) in [7, 11) is 0. The molecule has 5 nitrogen and oxygen atoms in total. The molecule has 0 atom stereocenters. The third-order valence-electron chi connectivity index (χ3n) is 2.65. The molecule has 114 valence electrons. The zero-order chi connectivity index (χ0) is 15.7. The fourth-order valence-electron chi connectivity index (χ4n) is 1.55. The Morgan fingerprint density at radius 3 is 2.48 bits per heavy atom. The average Bonchev–Trinajstić information content (AvgIpc) is 2.49. The van der Waals surface area contributed by atoms with Gasteiger partial charge in [0.25, 0.3) is 5.91 Å². The molecule has 0 aromatic heterocycles. The third-order valence-corrected chi connectivity index (χ3v) is 2.65. The van der Waals surface area contributed by atoms with Crippen molar-refractivity contribution in [3.63, 3.8) is 0 Å². The molecule has 0 fully saturated rings. The van der Waals surface area contributed by atoms with Crippen molar-refractivity contribution in [3.05, 3.63) is 48.0 Å². The molecule has 0 bridgehead atoms. The zero-order valence-electron chi connectivity index (χ0n) is 12.5. The van der Waals surface area contributed by atoms with Gasteiger partial charge in [0.15, 0.2) is 0 Å². The van der Waals surface area contributed by atoms with Gasteiger partial charge in [-0.1, -0.05) is 32.6 Å². The number of rotatable bonds is 8. The monoisotopic (exact) mass is 290 g/mol. The van der Waals surface area contributed by atoms with E-state index in [-0.39, 0.29) is 18.5 Å². The molecule has 0 saturated heterocycles. The van der Waals surface area contributed by atoms with E-state index < -0.39 is 0 Å². The number of amides is 2. The summed E-state index contributed by atoms with van der Waals surface area (Å²) in [5, 5.41) is 5.36. The SMILES string of the molecule is C=CC(=O)NCc1ccc(C(=O)NCOCC(C)C)cc1. The number of hydrogen-bond acceptors (Lipinski definition) is 3. The predicted octanol–water partition coefficient (Wildman–Crippen LogP) is 1.85. The highest BCUT2D eigenvalue weighted by Gasteiger charge is 2.05. The van der Waals surface area contributed by atoms with Gasteiger partial charge in [-0.15, -0.1) is 0 Å². The van der Waals surface area contributed by atoms with Crippen molar-refractivity contribution < 1.29 is 14.3 Å². The topological polar surface area (TPSA) is 67.4 Å². The Balaban J connectivity index is 2.40. The molecule has 0 aliphatic heterocycles. The maximum absolute atomic E-state index is 11.8. The molecular weight excluding hydrogens is 268 g/mol. The van der Waals surface area contributed by atoms with Crippen LogP contribution in [-0.4, -0.2) is 25.2 Å². The summed E-state index contributed by atoms with van der Waals surface area (Å²) in [4.78, 5) is 22.9. The third kappa shape index (κ3) is 6.72. The van der Waals surface area contributed by atoms with Crippen LogP contribution in [0.25, 0.3) is 0 Å². The van der Waals surface area contributed by atoms with Gasteiger partial charge in [0, 0.05) is 12.1 Å². The van der Waals surface area contributed by atoms with Crippen molar-refractivity contribution in [2.75, 3.05) is 13.3 Å². The van der Waals surface area contributed by atoms with E-state index in [4.69, 9.17) is 4.74 Å². The lowest BCUT2D eigenvalue weighted by Gasteiger charge is -2.09. The van der Waals surface area contributed by atoms with Crippen molar-refractivity contribution in [2.45, 2.75) is 20.4 Å². The maximum atomic E-state index is 11.8. The Labute approximate surface area is 125 Å². The fourth-order valence-corrected chi connectivity index (χ4v) is 1.55. The second-order valence-electron chi connectivity index (χ2n) is 5.03. The molecule has 0 heterocycles. The van der Waals surface area contributed by atoms with Crippen molar-refractivity contribution >= 4 is 11.8 Å². The van der Waals surface area contributed by atoms with Gasteiger partial charge in [0.05, 0.1) is 6.61 Å². The molecule has 0 radical (unpaired) electrons. The first-order chi connectivity index (χ1) is 10.0. The molecule has 1 rings (SSSR count). The van der Waals surface area contributed by atoms with E-state index in [0.717, 1.165) is 5.56 Å². The van der Waals surface area contributed by atoms with Crippen LogP contribution < -0.4 is 10.6 Å². The minimum atomic E-state index is -0.223. The zero-order valence-corrected chi connectivity index (χ0v) is 12.5. The van der Waals surface area contributed by atoms with Crippen molar-refractivity contribution in [1.82, 2.24) is 10.6 Å². The summed E-state index contributed by atoms with van der Waals surface area (Å²) in [6.07, 6.45) is 1.22. The summed E-state index contributed by atoms with van der Waals surface area (Å²) in [6.45, 7) is 8.70. The quantitative estimate of drug-likeness (QED) is 0.436. The van der Waals surface area contributed by atoms with E-state index in [1.165, 1.54) is 6.08 Å². The fraction of sp³-hybridized carbons (Fsp3) is 0.375. The van der Waals surface area contributed by atoms with Gasteiger partial charge >= 0.3 is 0 Å². The highest BCUT2D eigenvalue weighted by molar-refractivity contribution is 5.94. The van der Waals surface area contributed by atoms with E-state index >= 15 is 0 Å². The molecule has 2 amide bonds. The standard InChI is InChI=1S/C16H22N2O3/c1-4-15(19)17-9-13-5-7-14(8-6-13)16(20)18-11-21-10-12(2)3/h4-8,12H,1,9-11H2,2-3H3,(H,17,19)(H,18,20). The van der Waals surface area contributed by atoms with Crippen LogP contribution >= 0.6 is 0 Å². The Bertz CT molecular complexity index is 481. The largest absolute Gasteiger partial charge is 0.361 e. The van der Waals surface area contributed by atoms with Gasteiger partial charge in [-0.05, 0) is 29.7 Å². The lowest BCUT2D eigenvalue weighted by atomic mass is 10.1. The first-order valence-corrected chi connectivity index (χ1v) is 6.88. The van der Waals surface area contributed by atoms with Crippen LogP contribution in [0.3, 0.4) is 0 Å². The summed E-state index contributed by atoms with van der Waals surface area (Å²) < 4.78 is 5.30. The molecule has 1 aromatic carbocycles. The Morgan fingerprint density at radius 2 is 1.90 bits per heavy atom. The van der Waals surface area contributed by atoms with Crippen molar-refractivity contribution in [2.24, 2.45) is 5.92 Å². The van der Waals surface area contributed by atoms with Crippen LogP contribution in [0, 0.1) is 5.92 Å². The summed E-state index contributed by atoms with van der Waals surface area (Å²) in [5.74, 6) is 0.0338. The molecule has 0 spiro atoms. The molecule has 0 saturated carbocycles. The van der Waals surface area contributed by atoms with Crippen LogP contribution in [0.15, 0.2) is 36.9 Å². The van der Waals surface area contributed by atoms with Gasteiger partial charge in [-0.3, -0.25) is 9.59 Å². The van der Waals surface area contributed by atoms with Crippen LogP contribution in [0.5, 0.6) is 0 Å². The minimum absolute atomic E-state index is 0.180. The van der Waals surface area contributed by atoms with Gasteiger partial charge in [-0.25, -0.2) is 0 Å². The number of carbonyl (C=O) groups excluding carboxylic acids is 2. The van der Waals surface area contributed by atoms with Gasteiger partial charge in [0.1, 0.15) is 6.73 Å². The average molecular weight is 290 g/mol. The number of hydrogen-bond donors (Lipinski definition) is 2. The first-order valence-electron chi connectivity index (χ1n) is 6.88. The summed E-state index contributed by atoms with van der Waals surface area (Å²) >= 11 is 0. The number of benzene rings is 1. The molecule has 2 N–H and O–H groups in total. The normalized spacial score (nSPS) is 10.2. The molecular formula is C16H22N2O3. The smallest absolute Gasteiger partial charge is 0.253 e. The summed E-state index contributed by atoms with van der Waals surface area (Å²) in [6, 6.07) is 7.03. The number of carbonyl (C=O) groups is 2. The van der Waals surface area contributed by atoms with Crippen molar-refractivity contribution in [1.29, 1.82) is 0 Å². The molecule has 21 heavy (non-hydrogen) atoms. The minimum Gasteiger partial charge on any atom is -0.361 e. The lowest BCUT2D eigenvalue weighted by molar-refractivity contribution is -0.116. The predicted molar refractivity (Wildman–Crippen MR) is 81.6 cm³/mol. The highest BCUT2D eigenvalue weighted by Crippen LogP contribution is 2.04. The van der Waals surface area contributed by atoms with Crippen LogP contribution in [0.2, 0.25) is 0 Å². The Morgan fingerprint density at radius 1 is 1.24 bits per heavy atom. The van der Waals surface area contributed by atoms with Crippen LogP contribution in [0.4, 0.5) is 0 Å². The van der Waals surface area contributed by atoms with Crippen molar-refractivity contribution in [3.8, 4) is 0 Å². The molecule has 1 aromatic rings. The van der Waals surface area contributed by atoms with Crippen LogP contribution in [-0.2, 0) is 16.1 Å². The second kappa shape index (κ2) is 8.92. The van der Waals surface area contributed by atoms with Gasteiger partial charge in [-0.2, -0.15) is 0 Å². The second-order valence-corrected chi connectivity index (χ2v) is 5.03. The van der Waals surface area contributed by atoms with E-state index in [9.17, 15) is 9.59 Å². The number of nitrogens with one attached hydrogen (secondary N) is 2. The van der Waals surface area contributed by atoms with Gasteiger partial charge in [0.2, 0.25) is 5.91 Å². The van der Waals surface area contributed by atoms with E-state index in [1.54, 1.807) is 24.3 Å². The summed E-state index contributed by atoms with van der Waals surface area (Å²) in [5.41, 5.74) is 1.47. The molecule has 5 heteroatoms. The molecule has 0 aliphatic rings. The highest BCUT2D eigenvalue weighted by atomic mass is 16.5. The van der Waals surface area contributed by atoms with E-state index in [1.807, 2.05) is 13.8 Å². The lowest BCUT2D eigenvalue weighted by Crippen LogP contribution is -2.27. The Hall–Kier alpha value is -2.14. The molecule has 0 aliphatic carbocycles. The van der Waals surface area contributed by atoms with Crippen LogP contribution in [0.1, 0.15) is 29.8 Å². The molecule has 0 unspecified atom stereocenters.